The maximum absolute atomic E-state index is 10.4. The number of aromatic nitrogens is 2. The van der Waals surface area contributed by atoms with Crippen LogP contribution in [0.3, 0.4) is 0 Å². The Balaban J connectivity index is 0.00000109. The van der Waals surface area contributed by atoms with Gasteiger partial charge in [0.1, 0.15) is 25.1 Å². The Morgan fingerprint density at radius 2 is 1.72 bits per heavy atom. The van der Waals surface area contributed by atoms with Gasteiger partial charge in [0.25, 0.3) is 0 Å². The van der Waals surface area contributed by atoms with E-state index < -0.39 is 6.10 Å². The molecule has 4 rings (SSSR count). The quantitative estimate of drug-likeness (QED) is 0.380. The van der Waals surface area contributed by atoms with Crippen LogP contribution >= 0.6 is 0 Å². The molecule has 0 fully saturated rings. The van der Waals surface area contributed by atoms with E-state index in [4.69, 9.17) is 19.3 Å². The van der Waals surface area contributed by atoms with Gasteiger partial charge in [0.2, 0.25) is 5.95 Å². The van der Waals surface area contributed by atoms with Crippen LogP contribution in [-0.2, 0) is 16.0 Å². The van der Waals surface area contributed by atoms with E-state index in [-0.39, 0.29) is 6.10 Å². The number of nitrogens with one attached hydrogen (secondary N) is 2. The Morgan fingerprint density at radius 1 is 1.03 bits per heavy atom. The van der Waals surface area contributed by atoms with E-state index in [1.165, 1.54) is 5.56 Å². The van der Waals surface area contributed by atoms with Crippen molar-refractivity contribution in [2.75, 3.05) is 10.6 Å². The summed E-state index contributed by atoms with van der Waals surface area (Å²) in [5.74, 6) is 2.37. The Kier molecular flexibility index (Phi) is 10.5. The fraction of sp³-hybridized carbons (Fsp3) is 0.357. The van der Waals surface area contributed by atoms with Gasteiger partial charge in [-0.05, 0) is 74.4 Å². The minimum atomic E-state index is -0.442. The predicted molar refractivity (Wildman–Crippen MR) is 144 cm³/mol. The summed E-state index contributed by atoms with van der Waals surface area (Å²) in [6.07, 6.45) is 2.99. The number of ether oxygens (including phenoxy) is 1. The highest BCUT2D eigenvalue weighted by Crippen LogP contribution is 2.39. The second-order valence-corrected chi connectivity index (χ2v) is 8.99. The number of hydrogen-bond acceptors (Lipinski definition) is 8. The van der Waals surface area contributed by atoms with E-state index in [2.05, 4.69) is 47.7 Å². The summed E-state index contributed by atoms with van der Waals surface area (Å²) < 4.78 is 6.05. The molecule has 1 aliphatic carbocycles. The zero-order valence-corrected chi connectivity index (χ0v) is 21.7. The summed E-state index contributed by atoms with van der Waals surface area (Å²) in [5.41, 5.74) is 6.07. The normalized spacial score (nSPS) is 13.7. The van der Waals surface area contributed by atoms with Gasteiger partial charge < -0.3 is 30.1 Å². The summed E-state index contributed by atoms with van der Waals surface area (Å²) in [4.78, 5) is 25.2. The monoisotopic (exact) mass is 492 g/mol. The predicted octanol–water partition coefficient (Wildman–Crippen LogP) is 5.79. The Hall–Kier alpha value is -3.78. The molecule has 192 valence electrons. The van der Waals surface area contributed by atoms with E-state index in [9.17, 15) is 5.11 Å². The molecule has 0 saturated heterocycles. The summed E-state index contributed by atoms with van der Waals surface area (Å²) in [6.45, 7) is 14.4. The molecule has 0 spiro atoms. The largest absolute Gasteiger partial charge is 0.489 e. The number of fused-ring (bicyclic) bond motifs is 1. The van der Waals surface area contributed by atoms with Crippen LogP contribution in [0, 0.1) is 6.92 Å². The minimum Gasteiger partial charge on any atom is -0.489 e. The topological polar surface area (TPSA) is 113 Å². The molecule has 1 aliphatic rings. The van der Waals surface area contributed by atoms with Crippen molar-refractivity contribution in [2.24, 2.45) is 0 Å². The van der Waals surface area contributed by atoms with Crippen LogP contribution in [0.4, 0.5) is 23.1 Å². The first-order chi connectivity index (χ1) is 17.3. The van der Waals surface area contributed by atoms with Gasteiger partial charge in [-0.25, -0.2) is 4.98 Å². The second-order valence-electron chi connectivity index (χ2n) is 8.99. The first-order valence-electron chi connectivity index (χ1n) is 11.9. The third-order valence-corrected chi connectivity index (χ3v) is 5.70. The number of aliphatic hydroxyl groups excluding tert-OH is 1. The minimum absolute atomic E-state index is 0.0311. The molecule has 8 nitrogen and oxygen atoms in total. The molecule has 1 unspecified atom stereocenters. The molecule has 8 heteroatoms. The smallest absolute Gasteiger partial charge is 0.229 e. The van der Waals surface area contributed by atoms with Crippen molar-refractivity contribution in [3.63, 3.8) is 0 Å². The summed E-state index contributed by atoms with van der Waals surface area (Å²) in [6, 6.07) is 12.3. The third kappa shape index (κ3) is 6.88. The number of carbonyl (C=O) groups is 2. The standard InChI is InChI=1S/C26H32N4O2.2CH2O/c1-15(2)19-8-6-7-9-21(19)28-25-17(5)14-27-26(30-25)29-22-13-20-18(10-11-23(20)31)12-24(22)32-16(3)4;2*1-2/h6-9,12-16,23,31H,10-11H2,1-5H3,(H2,27,28,29,30);2*1H2. The Bertz CT molecular complexity index is 1150. The number of hydrogen-bond donors (Lipinski definition) is 3. The number of nitrogens with zero attached hydrogens (tertiary/aromatic N) is 2. The highest BCUT2D eigenvalue weighted by atomic mass is 16.5. The number of benzene rings is 2. The molecular weight excluding hydrogens is 456 g/mol. The lowest BCUT2D eigenvalue weighted by Gasteiger charge is -2.19. The van der Waals surface area contributed by atoms with Crippen LogP contribution in [0.15, 0.2) is 42.6 Å². The molecule has 0 amide bonds. The van der Waals surface area contributed by atoms with Crippen LogP contribution in [0.2, 0.25) is 0 Å². The van der Waals surface area contributed by atoms with Crippen LogP contribution in [0.25, 0.3) is 0 Å². The zero-order chi connectivity index (χ0) is 26.8. The zero-order valence-electron chi connectivity index (χ0n) is 21.7. The number of carbonyl (C=O) groups excluding carboxylic acids is 2. The van der Waals surface area contributed by atoms with E-state index in [1.54, 1.807) is 6.20 Å². The van der Waals surface area contributed by atoms with Crippen molar-refractivity contribution in [3.05, 3.63) is 64.8 Å². The van der Waals surface area contributed by atoms with Crippen molar-refractivity contribution >= 4 is 36.7 Å². The highest BCUT2D eigenvalue weighted by molar-refractivity contribution is 5.68. The van der Waals surface area contributed by atoms with Gasteiger partial charge in [-0.3, -0.25) is 0 Å². The van der Waals surface area contributed by atoms with Gasteiger partial charge in [-0.2, -0.15) is 4.98 Å². The molecule has 2 aromatic carbocycles. The third-order valence-electron chi connectivity index (χ3n) is 5.70. The van der Waals surface area contributed by atoms with Crippen molar-refractivity contribution in [1.29, 1.82) is 0 Å². The number of aliphatic hydroxyl groups is 1. The number of para-hydroxylation sites is 1. The summed E-state index contributed by atoms with van der Waals surface area (Å²) in [7, 11) is 0. The molecule has 0 radical (unpaired) electrons. The molecular formula is C28H36N4O4. The second kappa shape index (κ2) is 13.3. The SMILES string of the molecule is C=O.C=O.Cc1cnc(Nc2cc3c(cc2OC(C)C)CCC3O)nc1Nc1ccccc1C(C)C. The van der Waals surface area contributed by atoms with E-state index in [1.807, 2.05) is 52.5 Å². The molecule has 0 saturated carbocycles. The Labute approximate surface area is 213 Å². The first-order valence-corrected chi connectivity index (χ1v) is 11.9. The van der Waals surface area contributed by atoms with Crippen molar-refractivity contribution in [1.82, 2.24) is 9.97 Å². The molecule has 0 aliphatic heterocycles. The van der Waals surface area contributed by atoms with Gasteiger partial charge >= 0.3 is 0 Å². The van der Waals surface area contributed by atoms with Crippen LogP contribution < -0.4 is 15.4 Å². The average molecular weight is 493 g/mol. The van der Waals surface area contributed by atoms with Gasteiger partial charge in [-0.1, -0.05) is 32.0 Å². The lowest BCUT2D eigenvalue weighted by molar-refractivity contribution is -0.0987. The van der Waals surface area contributed by atoms with E-state index in [0.717, 1.165) is 52.5 Å². The van der Waals surface area contributed by atoms with Gasteiger partial charge in [0.05, 0.1) is 17.9 Å². The molecule has 1 aromatic heterocycles. The lowest BCUT2D eigenvalue weighted by atomic mass is 10.0. The molecule has 3 aromatic rings. The number of anilines is 4. The van der Waals surface area contributed by atoms with Gasteiger partial charge in [0, 0.05) is 17.4 Å². The average Bonchev–Trinajstić information content (AvgIpc) is 3.23. The van der Waals surface area contributed by atoms with E-state index >= 15 is 0 Å². The fourth-order valence-electron chi connectivity index (χ4n) is 4.05. The maximum Gasteiger partial charge on any atom is 0.229 e. The van der Waals surface area contributed by atoms with E-state index in [0.29, 0.717) is 11.9 Å². The van der Waals surface area contributed by atoms with Crippen LogP contribution in [0.1, 0.15) is 68.4 Å². The van der Waals surface area contributed by atoms with Crippen LogP contribution in [0.5, 0.6) is 5.75 Å². The van der Waals surface area contributed by atoms with Gasteiger partial charge in [-0.15, -0.1) is 0 Å². The lowest BCUT2D eigenvalue weighted by Crippen LogP contribution is -2.10. The Morgan fingerprint density at radius 3 is 2.39 bits per heavy atom. The molecule has 36 heavy (non-hydrogen) atoms. The maximum atomic E-state index is 10.4. The van der Waals surface area contributed by atoms with Crippen molar-refractivity contribution < 1.29 is 19.4 Å². The summed E-state index contributed by atoms with van der Waals surface area (Å²) >= 11 is 0. The first kappa shape index (κ1) is 28.5. The molecule has 3 N–H and O–H groups in total. The molecule has 1 atom stereocenters. The van der Waals surface area contributed by atoms with Crippen molar-refractivity contribution in [3.8, 4) is 5.75 Å². The molecule has 1 heterocycles. The molecule has 0 bridgehead atoms. The van der Waals surface area contributed by atoms with Crippen molar-refractivity contribution in [2.45, 2.75) is 65.6 Å². The number of aryl methyl sites for hydroxylation is 2. The number of rotatable bonds is 7. The highest BCUT2D eigenvalue weighted by Gasteiger charge is 2.23. The summed E-state index contributed by atoms with van der Waals surface area (Å²) in [5, 5.41) is 17.2. The van der Waals surface area contributed by atoms with Crippen LogP contribution in [-0.4, -0.2) is 34.8 Å². The van der Waals surface area contributed by atoms with Gasteiger partial charge in [0.15, 0.2) is 0 Å². The fourth-order valence-corrected chi connectivity index (χ4v) is 4.05.